The summed E-state index contributed by atoms with van der Waals surface area (Å²) in [5.41, 5.74) is 4.03. The van der Waals surface area contributed by atoms with Gasteiger partial charge in [-0.1, -0.05) is 20.8 Å². The van der Waals surface area contributed by atoms with Gasteiger partial charge in [-0.2, -0.15) is 16.4 Å². The molecule has 2 saturated heterocycles. The van der Waals surface area contributed by atoms with Gasteiger partial charge in [0.25, 0.3) is 0 Å². The number of nitrogens with one attached hydrogen (secondary N) is 1. The molecular weight excluding hydrogens is 413 g/mol. The van der Waals surface area contributed by atoms with Gasteiger partial charge >= 0.3 is 0 Å². The summed E-state index contributed by atoms with van der Waals surface area (Å²) in [5.74, 6) is 0. The monoisotopic (exact) mass is 443 g/mol. The average molecular weight is 444 g/mol. The molecule has 2 aliphatic heterocycles. The zero-order valence-electron chi connectivity index (χ0n) is 16.8. The highest BCUT2D eigenvalue weighted by atomic mass is 32.1. The quantitative estimate of drug-likeness (QED) is 0.333. The van der Waals surface area contributed by atoms with Gasteiger partial charge in [0.15, 0.2) is 0 Å². The molecule has 0 bridgehead atoms. The van der Waals surface area contributed by atoms with Crippen LogP contribution in [0.25, 0.3) is 0 Å². The minimum absolute atomic E-state index is 0.0650. The molecule has 3 heterocycles. The molecule has 2 aliphatic rings. The highest BCUT2D eigenvalue weighted by molar-refractivity contribution is 7.81. The van der Waals surface area contributed by atoms with E-state index in [1.54, 1.807) is 17.6 Å². The third-order valence-corrected chi connectivity index (χ3v) is 10.5. The summed E-state index contributed by atoms with van der Waals surface area (Å²) in [7, 11) is -2.13. The van der Waals surface area contributed by atoms with Crippen molar-refractivity contribution in [1.29, 1.82) is 0 Å². The van der Waals surface area contributed by atoms with Gasteiger partial charge in [-0.05, 0) is 29.0 Å². The largest absolute Gasteiger partial charge is 0.379 e. The topological polar surface area (TPSA) is 61.7 Å². The van der Waals surface area contributed by atoms with E-state index in [0.717, 1.165) is 58.2 Å². The predicted molar refractivity (Wildman–Crippen MR) is 122 cm³/mol. The van der Waals surface area contributed by atoms with Gasteiger partial charge in [0.05, 0.1) is 32.6 Å². The smallest absolute Gasteiger partial charge is 0.214 e. The molecule has 0 atom stereocenters. The lowest BCUT2D eigenvalue weighted by Gasteiger charge is -2.52. The molecule has 0 amide bonds. The summed E-state index contributed by atoms with van der Waals surface area (Å²) < 4.78 is 21.5. The summed E-state index contributed by atoms with van der Waals surface area (Å²) in [6, 6.07) is 2.02. The number of hydrogen-bond acceptors (Lipinski definition) is 5. The van der Waals surface area contributed by atoms with E-state index in [9.17, 15) is 0 Å². The van der Waals surface area contributed by atoms with Crippen LogP contribution in [0.5, 0.6) is 0 Å². The second-order valence-electron chi connectivity index (χ2n) is 7.70. The Bertz CT molecular complexity index is 699. The maximum absolute atomic E-state index is 5.63. The van der Waals surface area contributed by atoms with Crippen molar-refractivity contribution in [3.8, 4) is 0 Å². The van der Waals surface area contributed by atoms with Gasteiger partial charge in [-0.15, -0.1) is 0 Å². The zero-order valence-corrected chi connectivity index (χ0v) is 19.4. The molecule has 156 valence electrons. The van der Waals surface area contributed by atoms with Gasteiger partial charge in [0, 0.05) is 36.9 Å². The van der Waals surface area contributed by atoms with E-state index >= 15 is 0 Å². The highest BCUT2D eigenvalue weighted by Crippen LogP contribution is 2.66. The lowest BCUT2D eigenvalue weighted by atomic mass is 10.3. The molecule has 0 aliphatic carbocycles. The standard InChI is InChI=1S/C18H30N5O2PS2/c1-18(2,3)26(22-5-9-24-10-6-22,23-7-11-25-12-8-23)21-17(27)20-19-14-16-4-13-28-15-16/h4,13-15H,5-12H2,1-3H3,(H,20,27). The molecule has 0 spiro atoms. The van der Waals surface area contributed by atoms with Crippen LogP contribution in [0.1, 0.15) is 26.3 Å². The molecule has 10 heteroatoms. The lowest BCUT2D eigenvalue weighted by Crippen LogP contribution is -2.48. The van der Waals surface area contributed by atoms with Crippen molar-refractivity contribution in [2.45, 2.75) is 25.9 Å². The number of hydrazone groups is 1. The van der Waals surface area contributed by atoms with E-state index < -0.39 is 7.36 Å². The van der Waals surface area contributed by atoms with Crippen LogP contribution >= 0.6 is 30.9 Å². The first-order valence-electron chi connectivity index (χ1n) is 9.57. The SMILES string of the molecule is CC(C)(C)P(=NC(=S)NN=Cc1ccsc1)(N1CCOCC1)N1CCOCC1. The molecule has 3 rings (SSSR count). The van der Waals surface area contributed by atoms with Crippen LogP contribution in [0.2, 0.25) is 0 Å². The molecular formula is C18H30N5O2PS2. The Balaban J connectivity index is 1.92. The van der Waals surface area contributed by atoms with Crippen LogP contribution in [-0.2, 0) is 9.47 Å². The van der Waals surface area contributed by atoms with E-state index in [2.05, 4.69) is 40.6 Å². The van der Waals surface area contributed by atoms with E-state index in [1.165, 1.54) is 0 Å². The number of thiocarbonyl (C=S) groups is 1. The first-order chi connectivity index (χ1) is 13.4. The van der Waals surface area contributed by atoms with E-state index in [0.29, 0.717) is 5.11 Å². The fourth-order valence-corrected chi connectivity index (χ4v) is 8.98. The molecule has 28 heavy (non-hydrogen) atoms. The van der Waals surface area contributed by atoms with Gasteiger partial charge in [0.2, 0.25) is 5.11 Å². The Morgan fingerprint density at radius 1 is 1.14 bits per heavy atom. The lowest BCUT2D eigenvalue weighted by molar-refractivity contribution is 0.0551. The Morgan fingerprint density at radius 3 is 2.18 bits per heavy atom. The summed E-state index contributed by atoms with van der Waals surface area (Å²) in [6.45, 7) is 13.2. The van der Waals surface area contributed by atoms with Crippen LogP contribution in [0.4, 0.5) is 0 Å². The van der Waals surface area contributed by atoms with E-state index in [-0.39, 0.29) is 5.16 Å². The van der Waals surface area contributed by atoms with Crippen molar-refractivity contribution in [3.63, 3.8) is 0 Å². The number of thiophene rings is 1. The number of rotatable bonds is 4. The van der Waals surface area contributed by atoms with Crippen molar-refractivity contribution < 1.29 is 9.47 Å². The third kappa shape index (κ3) is 5.08. The van der Waals surface area contributed by atoms with Crippen molar-refractivity contribution in [2.24, 2.45) is 9.85 Å². The van der Waals surface area contributed by atoms with Gasteiger partial charge in [0.1, 0.15) is 7.36 Å². The molecule has 1 aromatic rings. The molecule has 2 fully saturated rings. The Labute approximate surface area is 177 Å². The maximum atomic E-state index is 5.63. The van der Waals surface area contributed by atoms with E-state index in [1.807, 2.05) is 16.8 Å². The molecule has 0 saturated carbocycles. The highest BCUT2D eigenvalue weighted by Gasteiger charge is 2.45. The van der Waals surface area contributed by atoms with Gasteiger partial charge in [-0.25, -0.2) is 4.74 Å². The van der Waals surface area contributed by atoms with Crippen LogP contribution < -0.4 is 5.43 Å². The third-order valence-electron chi connectivity index (χ3n) is 4.81. The summed E-state index contributed by atoms with van der Waals surface area (Å²) in [5, 5.41) is 8.74. The van der Waals surface area contributed by atoms with E-state index in [4.69, 9.17) is 26.4 Å². The van der Waals surface area contributed by atoms with Gasteiger partial charge < -0.3 is 9.47 Å². The predicted octanol–water partition coefficient (Wildman–Crippen LogP) is 3.45. The van der Waals surface area contributed by atoms with Crippen molar-refractivity contribution in [2.75, 3.05) is 52.6 Å². The van der Waals surface area contributed by atoms with Crippen LogP contribution in [0, 0.1) is 0 Å². The van der Waals surface area contributed by atoms with Crippen LogP contribution in [0.15, 0.2) is 26.7 Å². The molecule has 0 unspecified atom stereocenters. The number of morpholine rings is 2. The Morgan fingerprint density at radius 2 is 1.71 bits per heavy atom. The first kappa shape index (κ1) is 22.0. The minimum atomic E-state index is -2.13. The maximum Gasteiger partial charge on any atom is 0.214 e. The fourth-order valence-electron chi connectivity index (χ4n) is 3.63. The number of nitrogens with zero attached hydrogens (tertiary/aromatic N) is 4. The zero-order chi connectivity index (χ0) is 20.0. The molecule has 7 nitrogen and oxygen atoms in total. The molecule has 0 radical (unpaired) electrons. The summed E-state index contributed by atoms with van der Waals surface area (Å²) >= 11 is 7.27. The molecule has 1 N–H and O–H groups in total. The van der Waals surface area contributed by atoms with Crippen LogP contribution in [0.3, 0.4) is 0 Å². The number of ether oxygens (including phenoxy) is 2. The minimum Gasteiger partial charge on any atom is -0.379 e. The van der Waals surface area contributed by atoms with Gasteiger partial charge in [-0.3, -0.25) is 14.8 Å². The fraction of sp³-hybridized carbons (Fsp3) is 0.667. The van der Waals surface area contributed by atoms with Crippen molar-refractivity contribution >= 4 is 42.2 Å². The van der Waals surface area contributed by atoms with Crippen LogP contribution in [-0.4, -0.2) is 78.4 Å². The first-order valence-corrected chi connectivity index (χ1v) is 12.6. The summed E-state index contributed by atoms with van der Waals surface area (Å²) in [4.78, 5) is 0. The Hall–Kier alpha value is -0.670. The normalized spacial score (nSPS) is 20.4. The second kappa shape index (κ2) is 9.89. The Kier molecular flexibility index (Phi) is 7.78. The number of hydrogen-bond donors (Lipinski definition) is 1. The average Bonchev–Trinajstić information content (AvgIpc) is 3.20. The molecule has 0 aromatic carbocycles. The summed E-state index contributed by atoms with van der Waals surface area (Å²) in [6.07, 6.45) is 1.78. The van der Waals surface area contributed by atoms with Crippen molar-refractivity contribution in [3.05, 3.63) is 22.4 Å². The van der Waals surface area contributed by atoms with Crippen molar-refractivity contribution in [1.82, 2.24) is 14.8 Å². The molecule has 1 aromatic heterocycles. The second-order valence-corrected chi connectivity index (χ2v) is 12.7.